The number of hydrogen-bond donors (Lipinski definition) is 0. The van der Waals surface area contributed by atoms with Crippen LogP contribution in [-0.4, -0.2) is 95.0 Å². The zero-order valence-corrected chi connectivity index (χ0v) is 14.2. The molecule has 26 heavy (non-hydrogen) atoms. The van der Waals surface area contributed by atoms with Crippen molar-refractivity contribution < 1.29 is 35.9 Å². The summed E-state index contributed by atoms with van der Waals surface area (Å²) in [5, 5.41) is -2.04. The Morgan fingerprint density at radius 3 is 1.85 bits per heavy atom. The first-order chi connectivity index (χ1) is 11.3. The fourth-order valence-corrected chi connectivity index (χ4v) is 2.83. The maximum absolute atomic E-state index is 12.6. The molecule has 0 spiro atoms. The Morgan fingerprint density at radius 1 is 1.08 bits per heavy atom. The molecule has 1 heterocycles. The van der Waals surface area contributed by atoms with E-state index in [2.05, 4.69) is 4.74 Å². The van der Waals surface area contributed by atoms with E-state index in [1.165, 1.54) is 4.90 Å². The van der Waals surface area contributed by atoms with Gasteiger partial charge in [0.2, 0.25) is 0 Å². The van der Waals surface area contributed by atoms with Gasteiger partial charge >= 0.3 is 18.4 Å². The zero-order valence-electron chi connectivity index (χ0n) is 14.2. The number of alkyl halides is 6. The normalized spacial score (nSPS) is 25.4. The van der Waals surface area contributed by atoms with Gasteiger partial charge in [-0.1, -0.05) is 0 Å². The summed E-state index contributed by atoms with van der Waals surface area (Å²) in [5.74, 6) is -2.80. The molecule has 4 nitrogen and oxygen atoms in total. The second-order valence-corrected chi connectivity index (χ2v) is 6.94. The molecule has 1 amide bonds. The number of amides is 1. The van der Waals surface area contributed by atoms with Gasteiger partial charge in [-0.2, -0.15) is 26.3 Å². The van der Waals surface area contributed by atoms with Gasteiger partial charge in [-0.25, -0.2) is 4.79 Å². The SMILES string of the molecule is [B]C1CN(C(=O)OC(C(F)(F)F)C(F)(F)F)C([B])C([B])([B])N1C(C)(C)C. The molecule has 138 valence electrons. The summed E-state index contributed by atoms with van der Waals surface area (Å²) in [6, 6.07) is 0. The van der Waals surface area contributed by atoms with Crippen LogP contribution in [0.4, 0.5) is 31.1 Å². The monoisotopic (exact) mass is 376 g/mol. The zero-order chi connectivity index (χ0) is 20.9. The minimum atomic E-state index is -5.87. The van der Waals surface area contributed by atoms with Gasteiger partial charge in [-0.15, -0.1) is 0 Å². The molecule has 1 rings (SSSR count). The lowest BCUT2D eigenvalue weighted by atomic mass is 9.48. The van der Waals surface area contributed by atoms with E-state index < -0.39 is 53.9 Å². The lowest BCUT2D eigenvalue weighted by molar-refractivity contribution is -0.308. The van der Waals surface area contributed by atoms with Gasteiger partial charge in [0, 0.05) is 12.1 Å². The van der Waals surface area contributed by atoms with Gasteiger partial charge in [0.05, 0.1) is 31.4 Å². The molecule has 2 atom stereocenters. The smallest absolute Gasteiger partial charge is 0.426 e. The van der Waals surface area contributed by atoms with Crippen LogP contribution in [0.25, 0.3) is 0 Å². The van der Waals surface area contributed by atoms with Crippen molar-refractivity contribution >= 4 is 37.5 Å². The number of rotatable bonds is 1. The van der Waals surface area contributed by atoms with Crippen molar-refractivity contribution in [2.24, 2.45) is 0 Å². The molecule has 14 heteroatoms. The van der Waals surface area contributed by atoms with Crippen LogP contribution in [0, 0.1) is 0 Å². The molecular formula is C12H14B4F6N2O2. The van der Waals surface area contributed by atoms with Gasteiger partial charge < -0.3 is 14.5 Å². The minimum absolute atomic E-state index is 0.345. The summed E-state index contributed by atoms with van der Waals surface area (Å²) in [4.78, 5) is 13.6. The van der Waals surface area contributed by atoms with E-state index in [0.29, 0.717) is 4.90 Å². The van der Waals surface area contributed by atoms with E-state index in [4.69, 9.17) is 31.4 Å². The van der Waals surface area contributed by atoms with Crippen molar-refractivity contribution in [2.75, 3.05) is 6.54 Å². The molecule has 1 fully saturated rings. The topological polar surface area (TPSA) is 32.8 Å². The van der Waals surface area contributed by atoms with Crippen LogP contribution in [0.2, 0.25) is 0 Å². The Balaban J connectivity index is 3.12. The molecule has 0 aromatic rings. The predicted molar refractivity (Wildman–Crippen MR) is 84.0 cm³/mol. The van der Waals surface area contributed by atoms with Gasteiger partial charge in [0.1, 0.15) is 0 Å². The molecule has 0 saturated carbocycles. The highest BCUT2D eigenvalue weighted by Crippen LogP contribution is 2.37. The summed E-state index contributed by atoms with van der Waals surface area (Å²) >= 11 is 0. The maximum atomic E-state index is 12.6. The highest BCUT2D eigenvalue weighted by atomic mass is 19.4. The minimum Gasteiger partial charge on any atom is -0.426 e. The van der Waals surface area contributed by atoms with E-state index in [1.54, 1.807) is 20.8 Å². The van der Waals surface area contributed by atoms with Crippen molar-refractivity contribution in [3.05, 3.63) is 0 Å². The van der Waals surface area contributed by atoms with E-state index in [-0.39, 0.29) is 0 Å². The summed E-state index contributed by atoms with van der Waals surface area (Å²) in [7, 11) is 23.3. The summed E-state index contributed by atoms with van der Waals surface area (Å²) in [6.07, 6.45) is -18.0. The third-order valence-corrected chi connectivity index (χ3v) is 3.71. The molecule has 1 aliphatic rings. The van der Waals surface area contributed by atoms with Crippen molar-refractivity contribution in [3.63, 3.8) is 0 Å². The van der Waals surface area contributed by atoms with Gasteiger partial charge in [0.25, 0.3) is 6.10 Å². The standard InChI is InChI=1S/C12H14B4F6N2O2/c1-9(2,3)24-5(13)4-23(7(14)10(24,15)16)8(25)26-6(11(17,18)19)12(20,21)22/h5-7H,4H2,1-3H3. The van der Waals surface area contributed by atoms with Crippen LogP contribution in [0.3, 0.4) is 0 Å². The Kier molecular flexibility index (Phi) is 6.14. The lowest BCUT2D eigenvalue weighted by Crippen LogP contribution is -2.77. The molecule has 1 saturated heterocycles. The highest BCUT2D eigenvalue weighted by molar-refractivity contribution is 6.44. The van der Waals surface area contributed by atoms with Gasteiger partial charge in [-0.05, 0) is 38.0 Å². The Morgan fingerprint density at radius 2 is 1.50 bits per heavy atom. The first-order valence-electron chi connectivity index (χ1n) is 7.30. The number of hydrogen-bond acceptors (Lipinski definition) is 3. The van der Waals surface area contributed by atoms with E-state index in [9.17, 15) is 31.1 Å². The molecule has 0 bridgehead atoms. The van der Waals surface area contributed by atoms with Gasteiger partial charge in [0.15, 0.2) is 0 Å². The summed E-state index contributed by atoms with van der Waals surface area (Å²) < 4.78 is 79.0. The quantitative estimate of drug-likeness (QED) is 0.507. The number of ether oxygens (including phenoxy) is 1. The Hall–Kier alpha value is -0.930. The van der Waals surface area contributed by atoms with Crippen molar-refractivity contribution in [1.82, 2.24) is 9.80 Å². The number of piperazine rings is 1. The molecule has 1 aliphatic heterocycles. The third kappa shape index (κ3) is 4.67. The largest absolute Gasteiger partial charge is 0.434 e. The fourth-order valence-electron chi connectivity index (χ4n) is 2.83. The molecule has 0 aliphatic carbocycles. The number of nitrogens with zero attached hydrogens (tertiary/aromatic N) is 2. The van der Waals surface area contributed by atoms with Crippen molar-refractivity contribution in [3.8, 4) is 0 Å². The molecule has 0 aromatic heterocycles. The number of carbonyl (C=O) groups is 1. The van der Waals surface area contributed by atoms with Crippen LogP contribution >= 0.6 is 0 Å². The van der Waals surface area contributed by atoms with Crippen LogP contribution < -0.4 is 0 Å². The van der Waals surface area contributed by atoms with Crippen LogP contribution in [0.15, 0.2) is 0 Å². The molecular weight excluding hydrogens is 361 g/mol. The van der Waals surface area contributed by atoms with Crippen molar-refractivity contribution in [2.45, 2.75) is 62.0 Å². The lowest BCUT2D eigenvalue weighted by Gasteiger charge is -2.61. The molecule has 0 aromatic carbocycles. The van der Waals surface area contributed by atoms with E-state index in [1.807, 2.05) is 0 Å². The third-order valence-electron chi connectivity index (χ3n) is 3.71. The van der Waals surface area contributed by atoms with Crippen LogP contribution in [-0.2, 0) is 4.74 Å². The molecule has 8 radical (unpaired) electrons. The number of carbonyl (C=O) groups excluding carboxylic acids is 1. The second-order valence-electron chi connectivity index (χ2n) is 6.94. The highest BCUT2D eigenvalue weighted by Gasteiger charge is 2.60. The summed E-state index contributed by atoms with van der Waals surface area (Å²) in [5.41, 5.74) is -0.767. The maximum Gasteiger partial charge on any atom is 0.434 e. The van der Waals surface area contributed by atoms with Gasteiger partial charge in [-0.3, -0.25) is 0 Å². The molecule has 2 unspecified atom stereocenters. The Labute approximate surface area is 152 Å². The predicted octanol–water partition coefficient (Wildman–Crippen LogP) is 1.01. The Bertz CT molecular complexity index is 523. The van der Waals surface area contributed by atoms with E-state index >= 15 is 0 Å². The second kappa shape index (κ2) is 6.91. The molecule has 0 N–H and O–H groups in total. The first-order valence-corrected chi connectivity index (χ1v) is 7.30. The van der Waals surface area contributed by atoms with Crippen LogP contribution in [0.5, 0.6) is 0 Å². The summed E-state index contributed by atoms with van der Waals surface area (Å²) in [6.45, 7) is 4.43. The fraction of sp³-hybridized carbons (Fsp3) is 0.917. The number of halogens is 6. The average molecular weight is 375 g/mol. The van der Waals surface area contributed by atoms with E-state index in [0.717, 1.165) is 0 Å². The van der Waals surface area contributed by atoms with Crippen LogP contribution in [0.1, 0.15) is 20.8 Å². The first kappa shape index (κ1) is 23.1. The van der Waals surface area contributed by atoms with Crippen molar-refractivity contribution in [1.29, 1.82) is 0 Å². The average Bonchev–Trinajstić information content (AvgIpc) is 2.35.